The van der Waals surface area contributed by atoms with E-state index < -0.39 is 21.8 Å². The number of nitrogens with one attached hydrogen (secondary N) is 1. The lowest BCUT2D eigenvalue weighted by Gasteiger charge is -2.08. The van der Waals surface area contributed by atoms with Gasteiger partial charge in [-0.2, -0.15) is 0 Å². The molecule has 0 saturated heterocycles. The Bertz CT molecular complexity index is 1690. The summed E-state index contributed by atoms with van der Waals surface area (Å²) in [6, 6.07) is 17.7. The van der Waals surface area contributed by atoms with E-state index in [0.29, 0.717) is 16.6 Å². The summed E-state index contributed by atoms with van der Waals surface area (Å²) in [5.74, 6) is -1.11. The molecule has 0 aliphatic carbocycles. The molecule has 3 aromatic heterocycles. The number of aromatic nitrogens is 3. The van der Waals surface area contributed by atoms with Crippen molar-refractivity contribution < 1.29 is 22.3 Å². The highest BCUT2D eigenvalue weighted by atomic mass is 32.2. The highest BCUT2D eigenvalue weighted by molar-refractivity contribution is 7.90. The van der Waals surface area contributed by atoms with Gasteiger partial charge in [-0.15, -0.1) is 0 Å². The third kappa shape index (κ3) is 3.79. The molecular weight excluding hydrogens is 469 g/mol. The topological polar surface area (TPSA) is 94.0 Å². The molecule has 0 radical (unpaired) electrons. The SMILES string of the molecule is COC(=O)c1cc(-c2ccnc3c2ccn3S(=O)(=O)c2ccccc2)[nH]c1-c1ccc(C)cc1F. The number of H-pyrrole nitrogens is 1. The first kappa shape index (κ1) is 22.5. The molecule has 0 spiro atoms. The Morgan fingerprint density at radius 2 is 1.80 bits per heavy atom. The first-order chi connectivity index (χ1) is 16.8. The number of aryl methyl sites for hydroxylation is 1. The quantitative estimate of drug-likeness (QED) is 0.344. The van der Waals surface area contributed by atoms with Crippen LogP contribution >= 0.6 is 0 Å². The Hall–Kier alpha value is -4.24. The minimum atomic E-state index is -3.87. The molecule has 0 aliphatic heterocycles. The van der Waals surface area contributed by atoms with E-state index in [9.17, 15) is 17.6 Å². The molecule has 2 aromatic carbocycles. The van der Waals surface area contributed by atoms with E-state index in [0.717, 1.165) is 9.54 Å². The number of hydrogen-bond donors (Lipinski definition) is 1. The predicted octanol–water partition coefficient (Wildman–Crippen LogP) is 5.17. The number of carbonyl (C=O) groups is 1. The lowest BCUT2D eigenvalue weighted by atomic mass is 10.1. The van der Waals surface area contributed by atoms with Crippen LogP contribution in [0, 0.1) is 12.7 Å². The molecule has 9 heteroatoms. The van der Waals surface area contributed by atoms with Crippen molar-refractivity contribution in [2.75, 3.05) is 7.11 Å². The average Bonchev–Trinajstić information content (AvgIpc) is 3.49. The second kappa shape index (κ2) is 8.52. The third-order valence-electron chi connectivity index (χ3n) is 5.76. The first-order valence-corrected chi connectivity index (χ1v) is 12.1. The number of pyridine rings is 1. The van der Waals surface area contributed by atoms with Crippen molar-refractivity contribution in [1.82, 2.24) is 13.9 Å². The molecule has 1 N–H and O–H groups in total. The van der Waals surface area contributed by atoms with Crippen LogP contribution in [0.2, 0.25) is 0 Å². The molecule has 0 bridgehead atoms. The van der Waals surface area contributed by atoms with Gasteiger partial charge in [0.2, 0.25) is 0 Å². The summed E-state index contributed by atoms with van der Waals surface area (Å²) in [5.41, 5.74) is 2.70. The van der Waals surface area contributed by atoms with E-state index in [1.54, 1.807) is 55.5 Å². The number of halogens is 1. The number of benzene rings is 2. The van der Waals surface area contributed by atoms with Crippen LogP contribution in [-0.4, -0.2) is 35.4 Å². The largest absolute Gasteiger partial charge is 0.465 e. The van der Waals surface area contributed by atoms with E-state index in [2.05, 4.69) is 9.97 Å². The molecule has 35 heavy (non-hydrogen) atoms. The number of ether oxygens (including phenoxy) is 1. The predicted molar refractivity (Wildman–Crippen MR) is 130 cm³/mol. The van der Waals surface area contributed by atoms with Crippen molar-refractivity contribution in [3.63, 3.8) is 0 Å². The maximum atomic E-state index is 14.8. The van der Waals surface area contributed by atoms with Gasteiger partial charge in [0.1, 0.15) is 5.82 Å². The Labute approximate surface area is 200 Å². The number of hydrogen-bond acceptors (Lipinski definition) is 5. The standard InChI is InChI=1S/C26H20FN3O4S/c1-16-8-9-20(22(27)14-16)24-21(26(31)34-2)15-23(29-24)18-10-12-28-25-19(18)11-13-30(25)35(32,33)17-6-4-3-5-7-17/h3-15,29H,1-2H3. The van der Waals surface area contributed by atoms with Gasteiger partial charge in [0.15, 0.2) is 5.65 Å². The third-order valence-corrected chi connectivity index (χ3v) is 7.44. The molecule has 0 amide bonds. The number of methoxy groups -OCH3 is 1. The number of esters is 1. The molecule has 0 saturated carbocycles. The van der Waals surface area contributed by atoms with Gasteiger partial charge in [-0.1, -0.05) is 24.3 Å². The van der Waals surface area contributed by atoms with E-state index in [1.807, 2.05) is 0 Å². The minimum absolute atomic E-state index is 0.134. The van der Waals surface area contributed by atoms with Crippen molar-refractivity contribution in [1.29, 1.82) is 0 Å². The lowest BCUT2D eigenvalue weighted by Crippen LogP contribution is -2.12. The molecule has 3 heterocycles. The highest BCUT2D eigenvalue weighted by Crippen LogP contribution is 2.35. The van der Waals surface area contributed by atoms with Gasteiger partial charge in [0, 0.05) is 34.6 Å². The van der Waals surface area contributed by atoms with Gasteiger partial charge in [-0.25, -0.2) is 26.6 Å². The fourth-order valence-corrected chi connectivity index (χ4v) is 5.38. The number of nitrogens with zero attached hydrogens (tertiary/aromatic N) is 2. The van der Waals surface area contributed by atoms with Gasteiger partial charge in [0.25, 0.3) is 10.0 Å². The van der Waals surface area contributed by atoms with Crippen molar-refractivity contribution >= 4 is 27.0 Å². The molecular formula is C26H20FN3O4S. The minimum Gasteiger partial charge on any atom is -0.465 e. The van der Waals surface area contributed by atoms with Crippen LogP contribution in [0.25, 0.3) is 33.5 Å². The van der Waals surface area contributed by atoms with Gasteiger partial charge < -0.3 is 9.72 Å². The molecule has 5 aromatic rings. The highest BCUT2D eigenvalue weighted by Gasteiger charge is 2.24. The number of carbonyl (C=O) groups excluding carboxylic acids is 1. The van der Waals surface area contributed by atoms with Crippen molar-refractivity contribution in [3.8, 4) is 22.5 Å². The molecule has 176 valence electrons. The molecule has 5 rings (SSSR count). The summed E-state index contributed by atoms with van der Waals surface area (Å²) in [6.45, 7) is 1.77. The maximum Gasteiger partial charge on any atom is 0.340 e. The van der Waals surface area contributed by atoms with Crippen LogP contribution < -0.4 is 0 Å². The fourth-order valence-electron chi connectivity index (χ4n) is 4.06. The van der Waals surface area contributed by atoms with E-state index in [1.165, 1.54) is 37.7 Å². The Morgan fingerprint density at radius 3 is 2.51 bits per heavy atom. The second-order valence-corrected chi connectivity index (χ2v) is 9.79. The molecule has 0 fully saturated rings. The van der Waals surface area contributed by atoms with Gasteiger partial charge in [-0.3, -0.25) is 0 Å². The van der Waals surface area contributed by atoms with Crippen LogP contribution in [0.4, 0.5) is 4.39 Å². The zero-order chi connectivity index (χ0) is 24.7. The van der Waals surface area contributed by atoms with E-state index >= 15 is 0 Å². The van der Waals surface area contributed by atoms with Gasteiger partial charge >= 0.3 is 5.97 Å². The van der Waals surface area contributed by atoms with Crippen LogP contribution in [-0.2, 0) is 14.8 Å². The van der Waals surface area contributed by atoms with Crippen molar-refractivity contribution in [2.24, 2.45) is 0 Å². The van der Waals surface area contributed by atoms with E-state index in [-0.39, 0.29) is 27.4 Å². The number of aromatic amines is 1. The average molecular weight is 490 g/mol. The molecule has 0 atom stereocenters. The zero-order valence-electron chi connectivity index (χ0n) is 18.8. The number of fused-ring (bicyclic) bond motifs is 1. The fraction of sp³-hybridized carbons (Fsp3) is 0.0769. The van der Waals surface area contributed by atoms with Crippen LogP contribution in [0.3, 0.4) is 0 Å². The zero-order valence-corrected chi connectivity index (χ0v) is 19.6. The summed E-state index contributed by atoms with van der Waals surface area (Å²) in [4.78, 5) is 20.1. The van der Waals surface area contributed by atoms with Crippen LogP contribution in [0.15, 0.2) is 84.0 Å². The molecule has 0 aliphatic rings. The first-order valence-electron chi connectivity index (χ1n) is 10.7. The van der Waals surface area contributed by atoms with Crippen molar-refractivity contribution in [2.45, 2.75) is 11.8 Å². The van der Waals surface area contributed by atoms with Gasteiger partial charge in [-0.05, 0) is 55.0 Å². The van der Waals surface area contributed by atoms with Crippen LogP contribution in [0.5, 0.6) is 0 Å². The summed E-state index contributed by atoms with van der Waals surface area (Å²) < 4.78 is 47.2. The van der Waals surface area contributed by atoms with Crippen LogP contribution in [0.1, 0.15) is 15.9 Å². The summed E-state index contributed by atoms with van der Waals surface area (Å²) in [5, 5.41) is 0.542. The molecule has 7 nitrogen and oxygen atoms in total. The van der Waals surface area contributed by atoms with Crippen molar-refractivity contribution in [3.05, 3.63) is 96.1 Å². The summed E-state index contributed by atoms with van der Waals surface area (Å²) >= 11 is 0. The monoisotopic (exact) mass is 489 g/mol. The van der Waals surface area contributed by atoms with E-state index in [4.69, 9.17) is 4.74 Å². The lowest BCUT2D eigenvalue weighted by molar-refractivity contribution is 0.0602. The smallest absolute Gasteiger partial charge is 0.340 e. The van der Waals surface area contributed by atoms with Gasteiger partial charge in [0.05, 0.1) is 23.3 Å². The Balaban J connectivity index is 1.69. The maximum absolute atomic E-state index is 14.8. The summed E-state index contributed by atoms with van der Waals surface area (Å²) in [7, 11) is -2.62. The Kier molecular flexibility index (Phi) is 5.49. The summed E-state index contributed by atoms with van der Waals surface area (Å²) in [6.07, 6.45) is 2.92. The number of rotatable bonds is 5. The Morgan fingerprint density at radius 1 is 1.03 bits per heavy atom. The molecule has 0 unspecified atom stereocenters. The normalized spacial score (nSPS) is 11.6. The second-order valence-electron chi connectivity index (χ2n) is 7.97.